The van der Waals surface area contributed by atoms with Gasteiger partial charge >= 0.3 is 6.09 Å². The van der Waals surface area contributed by atoms with Crippen LogP contribution in [0.5, 0.6) is 0 Å². The second kappa shape index (κ2) is 7.31. The molecule has 0 aliphatic carbocycles. The molecule has 2 heterocycles. The molecule has 0 bridgehead atoms. The number of nitrogens with one attached hydrogen (secondary N) is 1. The Balaban J connectivity index is 1.69. The minimum atomic E-state index is -0.470. The maximum Gasteiger partial charge on any atom is 0.414 e. The van der Waals surface area contributed by atoms with E-state index in [4.69, 9.17) is 21.7 Å². The number of carbonyl (C=O) groups excluding carboxylic acids is 1. The van der Waals surface area contributed by atoms with E-state index in [-0.39, 0.29) is 11.9 Å². The molecule has 24 heavy (non-hydrogen) atoms. The zero-order valence-electron chi connectivity index (χ0n) is 13.5. The first kappa shape index (κ1) is 16.9. The lowest BCUT2D eigenvalue weighted by Crippen LogP contribution is -2.36. The summed E-state index contributed by atoms with van der Waals surface area (Å²) >= 11 is 4.95. The second-order valence-electron chi connectivity index (χ2n) is 5.79. The number of thiocarbonyl (C=S) groups is 1. The molecule has 130 valence electrons. The van der Waals surface area contributed by atoms with Gasteiger partial charge in [-0.1, -0.05) is 12.2 Å². The zero-order chi connectivity index (χ0) is 17.1. The number of hydrogen-bond acceptors (Lipinski definition) is 5. The van der Waals surface area contributed by atoms with Crippen molar-refractivity contribution in [3.63, 3.8) is 0 Å². The highest BCUT2D eigenvalue weighted by atomic mass is 32.1. The van der Waals surface area contributed by atoms with E-state index in [0.29, 0.717) is 55.8 Å². The Hall–Kier alpha value is -1.93. The van der Waals surface area contributed by atoms with Crippen LogP contribution in [0.3, 0.4) is 0 Å². The van der Waals surface area contributed by atoms with Gasteiger partial charge in [-0.2, -0.15) is 0 Å². The standard InChI is InChI=1S/C16H20FN3O3S/c1-11(24)18-9-13-10-20(16(21)23-13)12-2-3-15(14(17)8-12)19-4-6-22-7-5-19/h2-3,8,13H,4-7,9-10H2,1H3,(H,18,24)/t13-/m0/s1. The highest BCUT2D eigenvalue weighted by Crippen LogP contribution is 2.28. The number of rotatable bonds is 4. The Bertz CT molecular complexity index is 637. The summed E-state index contributed by atoms with van der Waals surface area (Å²) in [6, 6.07) is 4.83. The number of nitrogens with zero attached hydrogens (tertiary/aromatic N) is 2. The molecule has 2 aliphatic rings. The van der Waals surface area contributed by atoms with Crippen LogP contribution in [-0.2, 0) is 9.47 Å². The lowest BCUT2D eigenvalue weighted by atomic mass is 10.2. The van der Waals surface area contributed by atoms with Crippen molar-refractivity contribution in [1.82, 2.24) is 5.32 Å². The highest BCUT2D eigenvalue weighted by molar-refractivity contribution is 7.80. The summed E-state index contributed by atoms with van der Waals surface area (Å²) in [5.41, 5.74) is 1.03. The molecule has 8 heteroatoms. The molecule has 2 aliphatic heterocycles. The monoisotopic (exact) mass is 353 g/mol. The molecule has 0 saturated carbocycles. The zero-order valence-corrected chi connectivity index (χ0v) is 14.3. The third kappa shape index (κ3) is 3.76. The summed E-state index contributed by atoms with van der Waals surface area (Å²) in [5, 5.41) is 2.98. The highest BCUT2D eigenvalue weighted by Gasteiger charge is 2.32. The molecule has 0 spiro atoms. The maximum absolute atomic E-state index is 14.5. The van der Waals surface area contributed by atoms with Crippen LogP contribution >= 0.6 is 12.2 Å². The molecular formula is C16H20FN3O3S. The minimum Gasteiger partial charge on any atom is -0.442 e. The molecule has 3 rings (SSSR count). The molecule has 0 unspecified atom stereocenters. The number of carbonyl (C=O) groups is 1. The number of hydrogen-bond donors (Lipinski definition) is 1. The molecule has 2 fully saturated rings. The van der Waals surface area contributed by atoms with E-state index in [1.807, 2.05) is 4.90 Å². The normalized spacial score (nSPS) is 20.9. The average Bonchev–Trinajstić information content (AvgIpc) is 2.94. The SMILES string of the molecule is CC(=S)NC[C@H]1CN(c2ccc(N3CCOCC3)c(F)c2)C(=O)O1. The first-order chi connectivity index (χ1) is 11.5. The molecule has 1 aromatic rings. The lowest BCUT2D eigenvalue weighted by molar-refractivity contribution is 0.122. The Morgan fingerprint density at radius 1 is 1.42 bits per heavy atom. The summed E-state index contributed by atoms with van der Waals surface area (Å²) in [6.07, 6.45) is -0.778. The summed E-state index contributed by atoms with van der Waals surface area (Å²) in [6.45, 7) is 5.08. The van der Waals surface area contributed by atoms with Crippen LogP contribution < -0.4 is 15.1 Å². The van der Waals surface area contributed by atoms with Crippen LogP contribution in [0, 0.1) is 5.82 Å². The van der Waals surface area contributed by atoms with Crippen LogP contribution in [0.15, 0.2) is 18.2 Å². The summed E-state index contributed by atoms with van der Waals surface area (Å²) in [5.74, 6) is -0.349. The number of halogens is 1. The smallest absolute Gasteiger partial charge is 0.414 e. The lowest BCUT2D eigenvalue weighted by Gasteiger charge is -2.29. The Morgan fingerprint density at radius 2 is 2.17 bits per heavy atom. The van der Waals surface area contributed by atoms with E-state index in [1.54, 1.807) is 19.1 Å². The van der Waals surface area contributed by atoms with Crippen molar-refractivity contribution in [2.24, 2.45) is 0 Å². The van der Waals surface area contributed by atoms with E-state index in [9.17, 15) is 9.18 Å². The quantitative estimate of drug-likeness (QED) is 0.835. The van der Waals surface area contributed by atoms with Gasteiger partial charge in [-0.15, -0.1) is 0 Å². The fourth-order valence-corrected chi connectivity index (χ4v) is 2.90. The van der Waals surface area contributed by atoms with Crippen molar-refractivity contribution in [1.29, 1.82) is 0 Å². The van der Waals surface area contributed by atoms with Crippen molar-refractivity contribution in [2.75, 3.05) is 49.2 Å². The Morgan fingerprint density at radius 3 is 2.83 bits per heavy atom. The molecule has 6 nitrogen and oxygen atoms in total. The van der Waals surface area contributed by atoms with Gasteiger partial charge in [0.05, 0.1) is 42.7 Å². The van der Waals surface area contributed by atoms with E-state index in [2.05, 4.69) is 5.32 Å². The third-order valence-corrected chi connectivity index (χ3v) is 4.19. The van der Waals surface area contributed by atoms with Gasteiger partial charge in [0.1, 0.15) is 11.9 Å². The molecule has 0 aromatic heterocycles. The second-order valence-corrected chi connectivity index (χ2v) is 6.40. The van der Waals surface area contributed by atoms with E-state index >= 15 is 0 Å². The number of anilines is 2. The third-order valence-electron chi connectivity index (χ3n) is 4.05. The van der Waals surface area contributed by atoms with Crippen molar-refractivity contribution < 1.29 is 18.7 Å². The topological polar surface area (TPSA) is 54.0 Å². The molecule has 1 atom stereocenters. The summed E-state index contributed by atoms with van der Waals surface area (Å²) < 4.78 is 25.0. The van der Waals surface area contributed by atoms with Gasteiger partial charge in [0.15, 0.2) is 0 Å². The summed E-state index contributed by atoms with van der Waals surface area (Å²) in [7, 11) is 0. The molecule has 0 radical (unpaired) electrons. The first-order valence-electron chi connectivity index (χ1n) is 7.89. The van der Waals surface area contributed by atoms with Gasteiger partial charge in [0, 0.05) is 13.1 Å². The number of amides is 1. The van der Waals surface area contributed by atoms with Gasteiger partial charge in [-0.05, 0) is 25.1 Å². The average molecular weight is 353 g/mol. The molecule has 2 saturated heterocycles. The minimum absolute atomic E-state index is 0.308. The van der Waals surface area contributed by atoms with Gasteiger partial charge in [0.25, 0.3) is 0 Å². The van der Waals surface area contributed by atoms with Gasteiger partial charge in [0.2, 0.25) is 0 Å². The number of cyclic esters (lactones) is 1. The Labute approximate surface area is 145 Å². The van der Waals surface area contributed by atoms with Crippen molar-refractivity contribution in [3.05, 3.63) is 24.0 Å². The fourth-order valence-electron chi connectivity index (χ4n) is 2.82. The molecule has 1 N–H and O–H groups in total. The predicted molar refractivity (Wildman–Crippen MR) is 93.3 cm³/mol. The van der Waals surface area contributed by atoms with Gasteiger partial charge < -0.3 is 19.7 Å². The van der Waals surface area contributed by atoms with Crippen LogP contribution in [0.1, 0.15) is 6.92 Å². The van der Waals surface area contributed by atoms with Crippen LogP contribution in [-0.4, -0.2) is 56.6 Å². The van der Waals surface area contributed by atoms with Gasteiger partial charge in [-0.3, -0.25) is 4.90 Å². The number of benzene rings is 1. The van der Waals surface area contributed by atoms with E-state index < -0.39 is 6.09 Å². The largest absolute Gasteiger partial charge is 0.442 e. The van der Waals surface area contributed by atoms with Crippen LogP contribution in [0.25, 0.3) is 0 Å². The number of morpholine rings is 1. The number of ether oxygens (including phenoxy) is 2. The summed E-state index contributed by atoms with van der Waals surface area (Å²) in [4.78, 5) is 16.1. The van der Waals surface area contributed by atoms with Crippen LogP contribution in [0.4, 0.5) is 20.6 Å². The van der Waals surface area contributed by atoms with Crippen molar-refractivity contribution in [3.8, 4) is 0 Å². The van der Waals surface area contributed by atoms with E-state index in [1.165, 1.54) is 11.0 Å². The Kier molecular flexibility index (Phi) is 5.15. The maximum atomic E-state index is 14.5. The van der Waals surface area contributed by atoms with Gasteiger partial charge in [-0.25, -0.2) is 9.18 Å². The van der Waals surface area contributed by atoms with Crippen LogP contribution in [0.2, 0.25) is 0 Å². The molecule has 1 aromatic carbocycles. The molecule has 1 amide bonds. The predicted octanol–water partition coefficient (Wildman–Crippen LogP) is 1.92. The van der Waals surface area contributed by atoms with Crippen molar-refractivity contribution in [2.45, 2.75) is 13.0 Å². The van der Waals surface area contributed by atoms with Crippen molar-refractivity contribution >= 4 is 34.7 Å². The first-order valence-corrected chi connectivity index (χ1v) is 8.30. The molecular weight excluding hydrogens is 333 g/mol. The fraction of sp³-hybridized carbons (Fsp3) is 0.500. The van der Waals surface area contributed by atoms with E-state index in [0.717, 1.165) is 0 Å².